The second-order valence-electron chi connectivity index (χ2n) is 4.27. The van der Waals surface area contributed by atoms with Gasteiger partial charge < -0.3 is 5.32 Å². The molecular weight excluding hydrogens is 246 g/mol. The summed E-state index contributed by atoms with van der Waals surface area (Å²) in [5.41, 5.74) is 1.39. The van der Waals surface area contributed by atoms with E-state index in [-0.39, 0.29) is 17.8 Å². The van der Waals surface area contributed by atoms with Crippen molar-refractivity contribution in [3.8, 4) is 0 Å². The molecule has 96 valence electrons. The van der Waals surface area contributed by atoms with E-state index in [4.69, 9.17) is 0 Å². The molecule has 2 N–H and O–H groups in total. The van der Waals surface area contributed by atoms with Crippen LogP contribution in [0.5, 0.6) is 0 Å². The highest BCUT2D eigenvalue weighted by atomic mass is 16.2. The van der Waals surface area contributed by atoms with Crippen molar-refractivity contribution in [1.29, 1.82) is 0 Å². The molecule has 2 heterocycles. The molecule has 7 heteroatoms. The minimum absolute atomic E-state index is 0.249. The Morgan fingerprint density at radius 3 is 2.74 bits per heavy atom. The van der Waals surface area contributed by atoms with Gasteiger partial charge in [-0.25, -0.2) is 4.98 Å². The fourth-order valence-corrected chi connectivity index (χ4v) is 1.93. The summed E-state index contributed by atoms with van der Waals surface area (Å²) in [7, 11) is 0. The van der Waals surface area contributed by atoms with E-state index in [1.165, 1.54) is 0 Å². The van der Waals surface area contributed by atoms with Gasteiger partial charge >= 0.3 is 0 Å². The van der Waals surface area contributed by atoms with Gasteiger partial charge in [0, 0.05) is 6.42 Å². The Morgan fingerprint density at radius 1 is 1.16 bits per heavy atom. The molecule has 1 fully saturated rings. The minimum Gasteiger partial charge on any atom is -0.341 e. The molecule has 2 aromatic rings. The van der Waals surface area contributed by atoms with Crippen LogP contribution in [0.3, 0.4) is 0 Å². The van der Waals surface area contributed by atoms with Gasteiger partial charge in [0.25, 0.3) is 0 Å². The summed E-state index contributed by atoms with van der Waals surface area (Å²) in [6.45, 7) is 0. The number of nitrogens with zero attached hydrogens (tertiary/aromatic N) is 3. The van der Waals surface area contributed by atoms with Crippen LogP contribution < -0.4 is 10.6 Å². The van der Waals surface area contributed by atoms with Gasteiger partial charge in [-0.05, 0) is 18.6 Å². The lowest BCUT2D eigenvalue weighted by molar-refractivity contribution is -0.133. The lowest BCUT2D eigenvalue weighted by atomic mass is 10.1. The third-order valence-corrected chi connectivity index (χ3v) is 2.90. The molecule has 1 unspecified atom stereocenters. The van der Waals surface area contributed by atoms with Crippen molar-refractivity contribution in [1.82, 2.24) is 20.5 Å². The van der Waals surface area contributed by atoms with Crippen LogP contribution in [0.4, 0.5) is 5.95 Å². The molecule has 1 saturated heterocycles. The van der Waals surface area contributed by atoms with Crippen LogP contribution in [0, 0.1) is 0 Å². The van der Waals surface area contributed by atoms with Crippen LogP contribution in [0.25, 0.3) is 11.0 Å². The van der Waals surface area contributed by atoms with E-state index < -0.39 is 6.04 Å². The molecule has 1 aromatic carbocycles. The number of carbonyl (C=O) groups excluding carboxylic acids is 2. The van der Waals surface area contributed by atoms with Crippen molar-refractivity contribution in [2.24, 2.45) is 0 Å². The summed E-state index contributed by atoms with van der Waals surface area (Å²) < 4.78 is 0. The van der Waals surface area contributed by atoms with Gasteiger partial charge in [-0.1, -0.05) is 12.1 Å². The summed E-state index contributed by atoms with van der Waals surface area (Å²) in [6, 6.07) is 6.84. The van der Waals surface area contributed by atoms with E-state index in [2.05, 4.69) is 25.8 Å². The van der Waals surface area contributed by atoms with E-state index in [9.17, 15) is 9.59 Å². The molecule has 0 aliphatic carbocycles. The van der Waals surface area contributed by atoms with Crippen molar-refractivity contribution >= 4 is 28.8 Å². The standard InChI is InChI=1S/C12H11N5O2/c18-10-6-5-9(11(19)15-10)14-12-13-7-3-1-2-4-8(7)16-17-12/h1-4,9H,5-6H2,(H,13,14,17)(H,15,18,19). The first-order valence-electron chi connectivity index (χ1n) is 5.92. The molecule has 0 saturated carbocycles. The fourth-order valence-electron chi connectivity index (χ4n) is 1.93. The van der Waals surface area contributed by atoms with E-state index >= 15 is 0 Å². The Labute approximate surface area is 108 Å². The first-order valence-corrected chi connectivity index (χ1v) is 5.92. The SMILES string of the molecule is O=C1CCC(Nc2nnc3ccccc3n2)C(=O)N1. The third-order valence-electron chi connectivity index (χ3n) is 2.90. The lowest BCUT2D eigenvalue weighted by Gasteiger charge is -2.21. The fraction of sp³-hybridized carbons (Fsp3) is 0.250. The predicted octanol–water partition coefficient (Wildman–Crippen LogP) is 0.242. The van der Waals surface area contributed by atoms with Crippen molar-refractivity contribution in [2.45, 2.75) is 18.9 Å². The van der Waals surface area contributed by atoms with Gasteiger partial charge in [0.2, 0.25) is 17.8 Å². The smallest absolute Gasteiger partial charge is 0.249 e. The summed E-state index contributed by atoms with van der Waals surface area (Å²) in [5.74, 6) is -0.318. The second-order valence-corrected chi connectivity index (χ2v) is 4.27. The third kappa shape index (κ3) is 2.35. The zero-order valence-corrected chi connectivity index (χ0v) is 9.96. The van der Waals surface area contributed by atoms with Crippen LogP contribution in [-0.4, -0.2) is 33.0 Å². The zero-order valence-electron chi connectivity index (χ0n) is 9.96. The van der Waals surface area contributed by atoms with Crippen LogP contribution in [0.2, 0.25) is 0 Å². The Kier molecular flexibility index (Phi) is 2.79. The normalized spacial score (nSPS) is 19.3. The first kappa shape index (κ1) is 11.5. The van der Waals surface area contributed by atoms with Crippen molar-refractivity contribution in [3.05, 3.63) is 24.3 Å². The molecule has 1 aliphatic rings. The first-order chi connectivity index (χ1) is 9.22. The number of carbonyl (C=O) groups is 2. The van der Waals surface area contributed by atoms with Gasteiger partial charge in [-0.3, -0.25) is 14.9 Å². The molecule has 19 heavy (non-hydrogen) atoms. The maximum absolute atomic E-state index is 11.6. The van der Waals surface area contributed by atoms with Gasteiger partial charge in [0.15, 0.2) is 0 Å². The highest BCUT2D eigenvalue weighted by molar-refractivity contribution is 6.01. The molecule has 0 radical (unpaired) electrons. The molecule has 1 aliphatic heterocycles. The average molecular weight is 257 g/mol. The Balaban J connectivity index is 1.81. The summed E-state index contributed by atoms with van der Waals surface area (Å²) in [6.07, 6.45) is 0.741. The Bertz CT molecular complexity index is 657. The monoisotopic (exact) mass is 257 g/mol. The number of aromatic nitrogens is 3. The number of para-hydroxylation sites is 1. The summed E-state index contributed by atoms with van der Waals surface area (Å²) in [5, 5.41) is 13.1. The number of hydrogen-bond donors (Lipinski definition) is 2. The molecule has 0 bridgehead atoms. The van der Waals surface area contributed by atoms with Crippen molar-refractivity contribution in [3.63, 3.8) is 0 Å². The second kappa shape index (κ2) is 4.60. The Morgan fingerprint density at radius 2 is 1.95 bits per heavy atom. The van der Waals surface area contributed by atoms with E-state index in [1.807, 2.05) is 24.3 Å². The summed E-state index contributed by atoms with van der Waals surface area (Å²) in [4.78, 5) is 26.9. The van der Waals surface area contributed by atoms with Gasteiger partial charge in [-0.15, -0.1) is 10.2 Å². The maximum atomic E-state index is 11.6. The van der Waals surface area contributed by atoms with Crippen LogP contribution in [0.15, 0.2) is 24.3 Å². The quantitative estimate of drug-likeness (QED) is 0.748. The number of benzene rings is 1. The van der Waals surface area contributed by atoms with Crippen LogP contribution in [0.1, 0.15) is 12.8 Å². The number of amides is 2. The predicted molar refractivity (Wildman–Crippen MR) is 67.1 cm³/mol. The summed E-state index contributed by atoms with van der Waals surface area (Å²) >= 11 is 0. The zero-order chi connectivity index (χ0) is 13.2. The number of imide groups is 1. The molecular formula is C12H11N5O2. The number of fused-ring (bicyclic) bond motifs is 1. The maximum Gasteiger partial charge on any atom is 0.249 e. The van der Waals surface area contributed by atoms with Gasteiger partial charge in [-0.2, -0.15) is 0 Å². The highest BCUT2D eigenvalue weighted by Crippen LogP contribution is 2.12. The molecule has 1 aromatic heterocycles. The lowest BCUT2D eigenvalue weighted by Crippen LogP contribution is -2.47. The van der Waals surface area contributed by atoms with Crippen molar-refractivity contribution in [2.75, 3.05) is 5.32 Å². The molecule has 2 amide bonds. The largest absolute Gasteiger partial charge is 0.341 e. The topological polar surface area (TPSA) is 96.9 Å². The molecule has 0 spiro atoms. The number of hydrogen-bond acceptors (Lipinski definition) is 6. The number of piperidine rings is 1. The number of rotatable bonds is 2. The van der Waals surface area contributed by atoms with Crippen LogP contribution >= 0.6 is 0 Å². The van der Waals surface area contributed by atoms with E-state index in [0.29, 0.717) is 23.9 Å². The molecule has 3 rings (SSSR count). The van der Waals surface area contributed by atoms with Gasteiger partial charge in [0.05, 0.1) is 5.52 Å². The van der Waals surface area contributed by atoms with Crippen LogP contribution in [-0.2, 0) is 9.59 Å². The number of nitrogens with one attached hydrogen (secondary N) is 2. The Hall–Kier alpha value is -2.57. The average Bonchev–Trinajstić information content (AvgIpc) is 2.42. The van der Waals surface area contributed by atoms with Gasteiger partial charge in [0.1, 0.15) is 11.6 Å². The van der Waals surface area contributed by atoms with Crippen molar-refractivity contribution < 1.29 is 9.59 Å². The highest BCUT2D eigenvalue weighted by Gasteiger charge is 2.27. The number of anilines is 1. The van der Waals surface area contributed by atoms with E-state index in [1.54, 1.807) is 0 Å². The van der Waals surface area contributed by atoms with E-state index in [0.717, 1.165) is 0 Å². The molecule has 7 nitrogen and oxygen atoms in total. The minimum atomic E-state index is -0.499. The molecule has 1 atom stereocenters.